The number of halogens is 2. The van der Waals surface area contributed by atoms with Crippen LogP contribution in [0.3, 0.4) is 0 Å². The molecule has 2 N–H and O–H groups in total. The SMILES string of the molecule is CC(C)CC(NC(=O)c1ccc(Cl)cc1Cl)C(=O)NC1CCCC1. The van der Waals surface area contributed by atoms with Gasteiger partial charge < -0.3 is 10.6 Å². The molecule has 132 valence electrons. The number of amides is 2. The topological polar surface area (TPSA) is 58.2 Å². The van der Waals surface area contributed by atoms with Crippen molar-refractivity contribution in [2.45, 2.75) is 58.0 Å². The van der Waals surface area contributed by atoms with Crippen LogP contribution in [0.1, 0.15) is 56.3 Å². The third-order valence-electron chi connectivity index (χ3n) is 4.21. The van der Waals surface area contributed by atoms with Gasteiger partial charge in [-0.1, -0.05) is 49.9 Å². The van der Waals surface area contributed by atoms with Crippen molar-refractivity contribution in [3.8, 4) is 0 Å². The molecular formula is C18H24Cl2N2O2. The van der Waals surface area contributed by atoms with E-state index in [9.17, 15) is 9.59 Å². The first-order chi connectivity index (χ1) is 11.4. The van der Waals surface area contributed by atoms with Crippen molar-refractivity contribution >= 4 is 35.0 Å². The number of benzene rings is 1. The second kappa shape index (κ2) is 8.72. The molecule has 1 fully saturated rings. The summed E-state index contributed by atoms with van der Waals surface area (Å²) in [5, 5.41) is 6.62. The smallest absolute Gasteiger partial charge is 0.253 e. The first-order valence-electron chi connectivity index (χ1n) is 8.43. The Hall–Kier alpha value is -1.26. The third-order valence-corrected chi connectivity index (χ3v) is 4.75. The average molecular weight is 371 g/mol. The maximum absolute atomic E-state index is 12.6. The molecule has 0 spiro atoms. The van der Waals surface area contributed by atoms with Crippen LogP contribution in [0, 0.1) is 5.92 Å². The summed E-state index contributed by atoms with van der Waals surface area (Å²) >= 11 is 11.9. The summed E-state index contributed by atoms with van der Waals surface area (Å²) in [5.41, 5.74) is 0.323. The molecule has 0 bridgehead atoms. The van der Waals surface area contributed by atoms with Gasteiger partial charge in [0.25, 0.3) is 5.91 Å². The molecule has 0 aromatic heterocycles. The highest BCUT2D eigenvalue weighted by Crippen LogP contribution is 2.22. The van der Waals surface area contributed by atoms with E-state index in [1.807, 2.05) is 13.8 Å². The molecule has 2 amide bonds. The standard InChI is InChI=1S/C18H24Cl2N2O2/c1-11(2)9-16(18(24)21-13-5-3-4-6-13)22-17(23)14-8-7-12(19)10-15(14)20/h7-8,10-11,13,16H,3-6,9H2,1-2H3,(H,21,24)(H,22,23). The molecule has 1 aromatic carbocycles. The summed E-state index contributed by atoms with van der Waals surface area (Å²) in [6.45, 7) is 4.05. The summed E-state index contributed by atoms with van der Waals surface area (Å²) in [4.78, 5) is 25.1. The number of hydrogen-bond acceptors (Lipinski definition) is 2. The van der Waals surface area contributed by atoms with Crippen LogP contribution in [-0.2, 0) is 4.79 Å². The van der Waals surface area contributed by atoms with Crippen molar-refractivity contribution < 1.29 is 9.59 Å². The van der Waals surface area contributed by atoms with E-state index in [0.717, 1.165) is 25.7 Å². The van der Waals surface area contributed by atoms with Crippen LogP contribution in [-0.4, -0.2) is 23.9 Å². The van der Waals surface area contributed by atoms with Crippen molar-refractivity contribution in [1.82, 2.24) is 10.6 Å². The van der Waals surface area contributed by atoms with Gasteiger partial charge in [-0.25, -0.2) is 0 Å². The van der Waals surface area contributed by atoms with Gasteiger partial charge in [0, 0.05) is 11.1 Å². The van der Waals surface area contributed by atoms with Gasteiger partial charge in [-0.2, -0.15) is 0 Å². The monoisotopic (exact) mass is 370 g/mol. The van der Waals surface area contributed by atoms with Gasteiger partial charge in [0.1, 0.15) is 6.04 Å². The van der Waals surface area contributed by atoms with Gasteiger partial charge in [-0.3, -0.25) is 9.59 Å². The minimum absolute atomic E-state index is 0.117. The summed E-state index contributed by atoms with van der Waals surface area (Å²) in [6.07, 6.45) is 4.89. The Balaban J connectivity index is 2.06. The number of nitrogens with one attached hydrogen (secondary N) is 2. The molecule has 1 unspecified atom stereocenters. The average Bonchev–Trinajstić information content (AvgIpc) is 2.98. The molecule has 1 aliphatic rings. The summed E-state index contributed by atoms with van der Waals surface area (Å²) in [6, 6.07) is 4.36. The van der Waals surface area contributed by atoms with Crippen molar-refractivity contribution in [1.29, 1.82) is 0 Å². The molecule has 0 radical (unpaired) electrons. The van der Waals surface area contributed by atoms with Gasteiger partial charge in [-0.05, 0) is 43.4 Å². The largest absolute Gasteiger partial charge is 0.352 e. The Morgan fingerprint density at radius 3 is 2.46 bits per heavy atom. The normalized spacial score (nSPS) is 16.2. The molecule has 4 nitrogen and oxygen atoms in total. The second-order valence-corrected chi connectivity index (χ2v) is 7.61. The fourth-order valence-corrected chi connectivity index (χ4v) is 3.48. The van der Waals surface area contributed by atoms with Crippen LogP contribution in [0.2, 0.25) is 10.0 Å². The number of carbonyl (C=O) groups excluding carboxylic acids is 2. The predicted molar refractivity (Wildman–Crippen MR) is 97.6 cm³/mol. The van der Waals surface area contributed by atoms with Crippen LogP contribution < -0.4 is 10.6 Å². The zero-order valence-corrected chi connectivity index (χ0v) is 15.6. The van der Waals surface area contributed by atoms with E-state index in [1.54, 1.807) is 12.1 Å². The maximum atomic E-state index is 12.6. The van der Waals surface area contributed by atoms with E-state index in [1.165, 1.54) is 6.07 Å². The van der Waals surface area contributed by atoms with Gasteiger partial charge in [0.2, 0.25) is 5.91 Å². The molecule has 2 rings (SSSR count). The van der Waals surface area contributed by atoms with Crippen molar-refractivity contribution in [3.05, 3.63) is 33.8 Å². The minimum atomic E-state index is -0.565. The van der Waals surface area contributed by atoms with Gasteiger partial charge in [0.15, 0.2) is 0 Å². The fourth-order valence-electron chi connectivity index (χ4n) is 2.98. The second-order valence-electron chi connectivity index (χ2n) is 6.77. The predicted octanol–water partition coefficient (Wildman–Crippen LogP) is 4.20. The van der Waals surface area contributed by atoms with Crippen molar-refractivity contribution in [2.75, 3.05) is 0 Å². The van der Waals surface area contributed by atoms with Gasteiger partial charge >= 0.3 is 0 Å². The van der Waals surface area contributed by atoms with Gasteiger partial charge in [-0.15, -0.1) is 0 Å². The van der Waals surface area contributed by atoms with E-state index >= 15 is 0 Å². The van der Waals surface area contributed by atoms with Crippen LogP contribution in [0.25, 0.3) is 0 Å². The highest BCUT2D eigenvalue weighted by molar-refractivity contribution is 6.36. The van der Waals surface area contributed by atoms with Crippen LogP contribution in [0.5, 0.6) is 0 Å². The molecule has 0 saturated heterocycles. The molecule has 1 atom stereocenters. The van der Waals surface area contributed by atoms with Crippen LogP contribution in [0.15, 0.2) is 18.2 Å². The van der Waals surface area contributed by atoms with E-state index in [0.29, 0.717) is 17.0 Å². The molecule has 1 aromatic rings. The number of rotatable bonds is 6. The lowest BCUT2D eigenvalue weighted by molar-refractivity contribution is -0.124. The van der Waals surface area contributed by atoms with Crippen molar-refractivity contribution in [3.63, 3.8) is 0 Å². The van der Waals surface area contributed by atoms with E-state index in [2.05, 4.69) is 10.6 Å². The summed E-state index contributed by atoms with van der Waals surface area (Å²) in [7, 11) is 0. The fraction of sp³-hybridized carbons (Fsp3) is 0.556. The highest BCUT2D eigenvalue weighted by atomic mass is 35.5. The third kappa shape index (κ3) is 5.38. The molecule has 0 heterocycles. The lowest BCUT2D eigenvalue weighted by Crippen LogP contribution is -2.49. The van der Waals surface area contributed by atoms with Crippen LogP contribution in [0.4, 0.5) is 0 Å². The van der Waals surface area contributed by atoms with E-state index in [-0.39, 0.29) is 28.8 Å². The van der Waals surface area contributed by atoms with Crippen molar-refractivity contribution in [2.24, 2.45) is 5.92 Å². The zero-order valence-electron chi connectivity index (χ0n) is 14.1. The number of carbonyl (C=O) groups is 2. The van der Waals surface area contributed by atoms with Gasteiger partial charge in [0.05, 0.1) is 10.6 Å². The van der Waals surface area contributed by atoms with Crippen LogP contribution >= 0.6 is 23.2 Å². The van der Waals surface area contributed by atoms with E-state index in [4.69, 9.17) is 23.2 Å². The highest BCUT2D eigenvalue weighted by Gasteiger charge is 2.26. The maximum Gasteiger partial charge on any atom is 0.253 e. The molecule has 1 saturated carbocycles. The summed E-state index contributed by atoms with van der Waals surface area (Å²) in [5.74, 6) is -0.191. The first-order valence-corrected chi connectivity index (χ1v) is 9.18. The Kier molecular flexibility index (Phi) is 6.93. The molecule has 24 heavy (non-hydrogen) atoms. The first kappa shape index (κ1) is 19.1. The molecular weight excluding hydrogens is 347 g/mol. The molecule has 1 aliphatic carbocycles. The molecule has 6 heteroatoms. The minimum Gasteiger partial charge on any atom is -0.352 e. The lowest BCUT2D eigenvalue weighted by Gasteiger charge is -2.22. The Bertz CT molecular complexity index is 599. The number of hydrogen-bond donors (Lipinski definition) is 2. The quantitative estimate of drug-likeness (QED) is 0.788. The Morgan fingerprint density at radius 2 is 1.88 bits per heavy atom. The zero-order chi connectivity index (χ0) is 17.7. The Labute approximate surface area is 153 Å². The Morgan fingerprint density at radius 1 is 1.21 bits per heavy atom. The lowest BCUT2D eigenvalue weighted by atomic mass is 10.0. The molecule has 0 aliphatic heterocycles. The summed E-state index contributed by atoms with van der Waals surface area (Å²) < 4.78 is 0. The van der Waals surface area contributed by atoms with E-state index < -0.39 is 6.04 Å².